The number of alkyl halides is 4. The first-order valence-electron chi connectivity index (χ1n) is 5.94. The number of rotatable bonds is 2. The highest BCUT2D eigenvalue weighted by Gasteiger charge is 2.33. The van der Waals surface area contributed by atoms with E-state index in [9.17, 15) is 13.2 Å². The summed E-state index contributed by atoms with van der Waals surface area (Å²) in [6, 6.07) is 6.34. The molecule has 1 fully saturated rings. The lowest BCUT2D eigenvalue weighted by molar-refractivity contribution is -0.275. The lowest BCUT2D eigenvalue weighted by atomic mass is 9.83. The molecule has 1 aliphatic carbocycles. The van der Waals surface area contributed by atoms with Gasteiger partial charge in [0.15, 0.2) is 0 Å². The van der Waals surface area contributed by atoms with E-state index >= 15 is 0 Å². The number of benzene rings is 1. The Morgan fingerprint density at radius 2 is 1.89 bits per heavy atom. The van der Waals surface area contributed by atoms with Crippen molar-refractivity contribution in [3.8, 4) is 5.75 Å². The van der Waals surface area contributed by atoms with Gasteiger partial charge in [-0.15, -0.1) is 24.8 Å². The molecule has 1 saturated carbocycles. The van der Waals surface area contributed by atoms with Gasteiger partial charge in [-0.1, -0.05) is 24.6 Å². The number of para-hydroxylation sites is 1. The summed E-state index contributed by atoms with van der Waals surface area (Å²) in [5.41, 5.74) is 0.611. The summed E-state index contributed by atoms with van der Waals surface area (Å²) in [6.45, 7) is 0. The van der Waals surface area contributed by atoms with E-state index in [4.69, 9.17) is 11.6 Å². The van der Waals surface area contributed by atoms with Gasteiger partial charge in [0.1, 0.15) is 5.75 Å². The fourth-order valence-corrected chi connectivity index (χ4v) is 2.82. The number of hydrogen-bond acceptors (Lipinski definition) is 1. The maximum absolute atomic E-state index is 12.3. The van der Waals surface area contributed by atoms with E-state index in [2.05, 4.69) is 4.74 Å². The van der Waals surface area contributed by atoms with Crippen LogP contribution in [0.25, 0.3) is 0 Å². The maximum Gasteiger partial charge on any atom is 0.573 e. The van der Waals surface area contributed by atoms with E-state index in [0.29, 0.717) is 12.0 Å². The lowest BCUT2D eigenvalue weighted by Gasteiger charge is -2.27. The van der Waals surface area contributed by atoms with Crippen LogP contribution >= 0.6 is 11.6 Å². The Morgan fingerprint density at radius 1 is 1.17 bits per heavy atom. The zero-order valence-corrected chi connectivity index (χ0v) is 10.5. The highest BCUT2D eigenvalue weighted by Crippen LogP contribution is 2.40. The fourth-order valence-electron chi connectivity index (χ4n) is 2.45. The molecule has 18 heavy (non-hydrogen) atoms. The fraction of sp³-hybridized carbons (Fsp3) is 0.538. The molecular weight excluding hydrogens is 265 g/mol. The van der Waals surface area contributed by atoms with Crippen molar-refractivity contribution in [2.24, 2.45) is 0 Å². The van der Waals surface area contributed by atoms with Gasteiger partial charge < -0.3 is 4.74 Å². The SMILES string of the molecule is FC(F)(F)Oc1ccccc1C1CCCC(Cl)C1. The molecule has 0 aromatic heterocycles. The minimum absolute atomic E-state index is 0.0442. The van der Waals surface area contributed by atoms with E-state index in [1.165, 1.54) is 6.07 Å². The molecule has 0 radical (unpaired) electrons. The molecule has 2 unspecified atom stereocenters. The van der Waals surface area contributed by atoms with E-state index < -0.39 is 6.36 Å². The predicted molar refractivity (Wildman–Crippen MR) is 64.0 cm³/mol. The second-order valence-corrected chi connectivity index (χ2v) is 5.16. The smallest absolute Gasteiger partial charge is 0.405 e. The van der Waals surface area contributed by atoms with Gasteiger partial charge in [0.25, 0.3) is 0 Å². The summed E-state index contributed by atoms with van der Waals surface area (Å²) >= 11 is 6.08. The number of ether oxygens (including phenoxy) is 1. The van der Waals surface area contributed by atoms with Crippen LogP contribution in [0.5, 0.6) is 5.75 Å². The zero-order chi connectivity index (χ0) is 13.2. The molecule has 2 atom stereocenters. The van der Waals surface area contributed by atoms with Crippen molar-refractivity contribution in [2.75, 3.05) is 0 Å². The summed E-state index contributed by atoms with van der Waals surface area (Å²) < 4.78 is 41.0. The lowest BCUT2D eigenvalue weighted by Crippen LogP contribution is -2.20. The predicted octanol–water partition coefficient (Wildman–Crippen LogP) is 4.85. The van der Waals surface area contributed by atoms with Gasteiger partial charge in [0.05, 0.1) is 0 Å². The van der Waals surface area contributed by atoms with Gasteiger partial charge in [-0.25, -0.2) is 0 Å². The number of hydrogen-bond donors (Lipinski definition) is 0. The van der Waals surface area contributed by atoms with Crippen LogP contribution in [0, 0.1) is 0 Å². The molecule has 0 N–H and O–H groups in total. The quantitative estimate of drug-likeness (QED) is 0.703. The molecule has 1 aromatic rings. The molecule has 1 aliphatic rings. The van der Waals surface area contributed by atoms with Crippen LogP contribution in [-0.4, -0.2) is 11.7 Å². The summed E-state index contributed by atoms with van der Waals surface area (Å²) in [4.78, 5) is 0. The molecule has 0 spiro atoms. The van der Waals surface area contributed by atoms with Crippen LogP contribution in [0.3, 0.4) is 0 Å². The molecule has 0 saturated heterocycles. The Bertz CT molecular complexity index is 405. The van der Waals surface area contributed by atoms with Gasteiger partial charge in [0.2, 0.25) is 0 Å². The van der Waals surface area contributed by atoms with Crippen molar-refractivity contribution in [3.63, 3.8) is 0 Å². The third kappa shape index (κ3) is 3.55. The zero-order valence-electron chi connectivity index (χ0n) is 9.71. The average Bonchev–Trinajstić information content (AvgIpc) is 2.27. The van der Waals surface area contributed by atoms with Gasteiger partial charge in [-0.2, -0.15) is 0 Å². The first kappa shape index (κ1) is 13.5. The summed E-state index contributed by atoms with van der Waals surface area (Å²) in [7, 11) is 0. The van der Waals surface area contributed by atoms with Gasteiger partial charge >= 0.3 is 6.36 Å². The molecule has 1 aromatic carbocycles. The maximum atomic E-state index is 12.3. The van der Waals surface area contributed by atoms with Crippen LogP contribution in [0.4, 0.5) is 13.2 Å². The van der Waals surface area contributed by atoms with Crippen LogP contribution in [0.2, 0.25) is 0 Å². The Balaban J connectivity index is 2.21. The Labute approximate surface area is 109 Å². The van der Waals surface area contributed by atoms with E-state index in [-0.39, 0.29) is 17.0 Å². The number of halogens is 4. The van der Waals surface area contributed by atoms with Gasteiger partial charge in [0, 0.05) is 5.38 Å². The van der Waals surface area contributed by atoms with Crippen LogP contribution < -0.4 is 4.74 Å². The first-order valence-corrected chi connectivity index (χ1v) is 6.38. The normalized spacial score (nSPS) is 24.9. The first-order chi connectivity index (χ1) is 8.46. The van der Waals surface area contributed by atoms with Crippen molar-refractivity contribution < 1.29 is 17.9 Å². The van der Waals surface area contributed by atoms with E-state index in [1.807, 2.05) is 0 Å². The molecule has 1 nitrogen and oxygen atoms in total. The molecule has 0 bridgehead atoms. The van der Waals surface area contributed by atoms with Crippen LogP contribution in [0.15, 0.2) is 24.3 Å². The highest BCUT2D eigenvalue weighted by atomic mass is 35.5. The van der Waals surface area contributed by atoms with Crippen molar-refractivity contribution >= 4 is 11.6 Å². The molecular formula is C13H14ClF3O. The molecule has 2 rings (SSSR count). The molecule has 0 amide bonds. The van der Waals surface area contributed by atoms with Crippen molar-refractivity contribution in [1.82, 2.24) is 0 Å². The highest BCUT2D eigenvalue weighted by molar-refractivity contribution is 6.20. The molecule has 5 heteroatoms. The van der Waals surface area contributed by atoms with Gasteiger partial charge in [-0.3, -0.25) is 0 Å². The van der Waals surface area contributed by atoms with Crippen molar-refractivity contribution in [2.45, 2.75) is 43.3 Å². The largest absolute Gasteiger partial charge is 0.573 e. The second kappa shape index (κ2) is 5.39. The minimum atomic E-state index is -4.65. The Hall–Kier alpha value is -0.900. The molecule has 100 valence electrons. The van der Waals surface area contributed by atoms with Gasteiger partial charge in [-0.05, 0) is 36.8 Å². The minimum Gasteiger partial charge on any atom is -0.405 e. The summed E-state index contributed by atoms with van der Waals surface area (Å²) in [6.07, 6.45) is -1.20. The second-order valence-electron chi connectivity index (χ2n) is 4.55. The van der Waals surface area contributed by atoms with Crippen LogP contribution in [-0.2, 0) is 0 Å². The van der Waals surface area contributed by atoms with Crippen LogP contribution in [0.1, 0.15) is 37.2 Å². The Morgan fingerprint density at radius 3 is 2.56 bits per heavy atom. The van der Waals surface area contributed by atoms with E-state index in [1.54, 1.807) is 18.2 Å². The standard InChI is InChI=1S/C13H14ClF3O/c14-10-5-3-4-9(8-10)11-6-1-2-7-12(11)18-13(15,16)17/h1-2,6-7,9-10H,3-5,8H2. The average molecular weight is 279 g/mol. The topological polar surface area (TPSA) is 9.23 Å². The van der Waals surface area contributed by atoms with E-state index in [0.717, 1.165) is 19.3 Å². The van der Waals surface area contributed by atoms with Crippen molar-refractivity contribution in [1.29, 1.82) is 0 Å². The third-order valence-corrected chi connectivity index (χ3v) is 3.59. The Kier molecular flexibility index (Phi) is 4.05. The summed E-state index contributed by atoms with van der Waals surface area (Å²) in [5.74, 6) is -0.0411. The summed E-state index contributed by atoms with van der Waals surface area (Å²) in [5, 5.41) is 0.0442. The molecule has 0 heterocycles. The third-order valence-electron chi connectivity index (χ3n) is 3.19. The molecule has 0 aliphatic heterocycles. The van der Waals surface area contributed by atoms with Crippen molar-refractivity contribution in [3.05, 3.63) is 29.8 Å². The monoisotopic (exact) mass is 278 g/mol.